The Morgan fingerprint density at radius 2 is 1.32 bits per heavy atom. The zero-order valence-corrected chi connectivity index (χ0v) is 19.8. The third kappa shape index (κ3) is 18.6. The number of hydrogen-bond donors (Lipinski definition) is 3. The lowest BCUT2D eigenvalue weighted by atomic mass is 10.1. The standard InChI is InChI=1S/C21H38N.C4H6O5/c1-4-5-6-7-8-9-10-11-12-16-19-22(2,3)20-21-17-14-13-15-18-21;5-2(4(8)9)1-3(6)7/h13-15,17-18H,4-12,16,19-20H2,1-3H3;2,5H,1H2,(H,6,7)(H,8,9)/q+1;. The molecule has 1 unspecified atom stereocenters. The fraction of sp³-hybridized carbons (Fsp3) is 0.680. The highest BCUT2D eigenvalue weighted by Gasteiger charge is 2.16. The third-order valence-corrected chi connectivity index (χ3v) is 5.22. The van der Waals surface area contributed by atoms with E-state index in [9.17, 15) is 9.59 Å². The molecule has 1 atom stereocenters. The second-order valence-corrected chi connectivity index (χ2v) is 8.94. The number of hydrogen-bond acceptors (Lipinski definition) is 3. The normalized spacial score (nSPS) is 12.0. The van der Waals surface area contributed by atoms with Crippen molar-refractivity contribution in [3.05, 3.63) is 35.9 Å². The van der Waals surface area contributed by atoms with Gasteiger partial charge in [-0.05, 0) is 12.8 Å². The first-order chi connectivity index (χ1) is 14.7. The third-order valence-electron chi connectivity index (χ3n) is 5.22. The molecule has 0 radical (unpaired) electrons. The van der Waals surface area contributed by atoms with Gasteiger partial charge in [-0.15, -0.1) is 0 Å². The first-order valence-electron chi connectivity index (χ1n) is 11.7. The van der Waals surface area contributed by atoms with Gasteiger partial charge in [0.15, 0.2) is 6.10 Å². The highest BCUT2D eigenvalue weighted by Crippen LogP contribution is 2.14. The molecule has 0 bridgehead atoms. The zero-order chi connectivity index (χ0) is 23.5. The van der Waals surface area contributed by atoms with Gasteiger partial charge in [0, 0.05) is 5.56 Å². The van der Waals surface area contributed by atoms with Crippen LogP contribution >= 0.6 is 0 Å². The number of carbonyl (C=O) groups is 2. The molecule has 6 nitrogen and oxygen atoms in total. The van der Waals surface area contributed by atoms with Crippen molar-refractivity contribution in [3.8, 4) is 0 Å². The van der Waals surface area contributed by atoms with Crippen molar-refractivity contribution in [2.45, 2.75) is 90.2 Å². The summed E-state index contributed by atoms with van der Waals surface area (Å²) < 4.78 is 1.11. The summed E-state index contributed by atoms with van der Waals surface area (Å²) in [5.74, 6) is -2.85. The number of rotatable bonds is 16. The summed E-state index contributed by atoms with van der Waals surface area (Å²) in [5.41, 5.74) is 1.46. The summed E-state index contributed by atoms with van der Waals surface area (Å²) in [6.07, 6.45) is 11.7. The fourth-order valence-corrected chi connectivity index (χ4v) is 3.44. The van der Waals surface area contributed by atoms with Gasteiger partial charge in [-0.2, -0.15) is 0 Å². The first kappa shape index (κ1) is 29.1. The second kappa shape index (κ2) is 17.7. The van der Waals surface area contributed by atoms with Crippen molar-refractivity contribution in [2.24, 2.45) is 0 Å². The molecule has 1 rings (SSSR count). The minimum absolute atomic E-state index is 0.755. The minimum atomic E-state index is -1.79. The molecule has 3 N–H and O–H groups in total. The number of unbranched alkanes of at least 4 members (excludes halogenated alkanes) is 9. The molecule has 1 aromatic rings. The molecule has 0 heterocycles. The van der Waals surface area contributed by atoms with Crippen LogP contribution in [0, 0.1) is 0 Å². The zero-order valence-electron chi connectivity index (χ0n) is 19.8. The maximum atomic E-state index is 9.72. The van der Waals surface area contributed by atoms with E-state index >= 15 is 0 Å². The maximum Gasteiger partial charge on any atom is 0.333 e. The summed E-state index contributed by atoms with van der Waals surface area (Å²) >= 11 is 0. The molecule has 0 saturated heterocycles. The molecule has 0 aliphatic heterocycles. The highest BCUT2D eigenvalue weighted by atomic mass is 16.4. The Morgan fingerprint density at radius 1 is 0.839 bits per heavy atom. The van der Waals surface area contributed by atoms with Crippen molar-refractivity contribution in [3.63, 3.8) is 0 Å². The second-order valence-electron chi connectivity index (χ2n) is 8.94. The van der Waals surface area contributed by atoms with Crippen LogP contribution in [0.15, 0.2) is 30.3 Å². The quantitative estimate of drug-likeness (QED) is 0.247. The molecule has 0 saturated carbocycles. The van der Waals surface area contributed by atoms with E-state index in [0.717, 1.165) is 11.0 Å². The van der Waals surface area contributed by atoms with Gasteiger partial charge in [0.25, 0.3) is 0 Å². The average molecular weight is 439 g/mol. The van der Waals surface area contributed by atoms with Crippen LogP contribution in [-0.2, 0) is 16.1 Å². The van der Waals surface area contributed by atoms with Gasteiger partial charge in [-0.3, -0.25) is 4.79 Å². The Labute approximate surface area is 188 Å². The molecule has 6 heteroatoms. The van der Waals surface area contributed by atoms with Crippen LogP contribution in [0.25, 0.3) is 0 Å². The number of nitrogens with zero attached hydrogens (tertiary/aromatic N) is 1. The average Bonchev–Trinajstić information content (AvgIpc) is 2.69. The van der Waals surface area contributed by atoms with Crippen molar-refractivity contribution in [2.75, 3.05) is 20.6 Å². The Bertz CT molecular complexity index is 589. The summed E-state index contributed by atoms with van der Waals surface area (Å²) in [7, 11) is 4.72. The predicted molar refractivity (Wildman–Crippen MR) is 125 cm³/mol. The van der Waals surface area contributed by atoms with Crippen LogP contribution in [-0.4, -0.2) is 58.5 Å². The SMILES string of the molecule is CCCCCCCCCCCC[N+](C)(C)Cc1ccccc1.O=C(O)CC(O)C(=O)O. The van der Waals surface area contributed by atoms with Crippen LogP contribution < -0.4 is 0 Å². The van der Waals surface area contributed by atoms with Gasteiger partial charge in [0.2, 0.25) is 0 Å². The molecule has 0 spiro atoms. The molecule has 0 aliphatic carbocycles. The number of carboxylic acid groups (broad SMARTS) is 2. The van der Waals surface area contributed by atoms with Gasteiger partial charge in [-0.25, -0.2) is 4.79 Å². The monoisotopic (exact) mass is 438 g/mol. The molecule has 0 amide bonds. The summed E-state index contributed by atoms with van der Waals surface area (Å²) in [6, 6.07) is 10.9. The Morgan fingerprint density at radius 3 is 1.74 bits per heavy atom. The first-order valence-corrected chi connectivity index (χ1v) is 11.7. The Hall–Kier alpha value is -1.92. The van der Waals surface area contributed by atoms with Gasteiger partial charge >= 0.3 is 11.9 Å². The number of aliphatic hydroxyl groups excluding tert-OH is 1. The van der Waals surface area contributed by atoms with E-state index in [1.165, 1.54) is 76.3 Å². The Kier molecular flexibility index (Phi) is 16.6. The van der Waals surface area contributed by atoms with E-state index in [2.05, 4.69) is 51.4 Å². The lowest BCUT2D eigenvalue weighted by Gasteiger charge is -2.30. The van der Waals surface area contributed by atoms with Crippen LogP contribution in [0.5, 0.6) is 0 Å². The lowest BCUT2D eigenvalue weighted by Crippen LogP contribution is -2.39. The fourth-order valence-electron chi connectivity index (χ4n) is 3.44. The van der Waals surface area contributed by atoms with Crippen LogP contribution in [0.4, 0.5) is 0 Å². The largest absolute Gasteiger partial charge is 0.481 e. The Balaban J connectivity index is 0.000000842. The molecule has 0 aromatic heterocycles. The summed E-state index contributed by atoms with van der Waals surface area (Å²) in [5, 5.41) is 24.1. The molecule has 0 fully saturated rings. The van der Waals surface area contributed by atoms with Crippen LogP contribution in [0.3, 0.4) is 0 Å². The molecule has 31 heavy (non-hydrogen) atoms. The van der Waals surface area contributed by atoms with E-state index in [-0.39, 0.29) is 0 Å². The smallest absolute Gasteiger partial charge is 0.333 e. The predicted octanol–water partition coefficient (Wildman–Crippen LogP) is 5.09. The van der Waals surface area contributed by atoms with Crippen molar-refractivity contribution < 1.29 is 29.4 Å². The van der Waals surface area contributed by atoms with E-state index in [1.807, 2.05) is 0 Å². The van der Waals surface area contributed by atoms with Gasteiger partial charge in [0.05, 0.1) is 27.1 Å². The van der Waals surface area contributed by atoms with Gasteiger partial charge < -0.3 is 19.8 Å². The number of carboxylic acids is 2. The van der Waals surface area contributed by atoms with Crippen molar-refractivity contribution in [1.82, 2.24) is 0 Å². The summed E-state index contributed by atoms with van der Waals surface area (Å²) in [6.45, 7) is 4.74. The molecule has 178 valence electrons. The lowest BCUT2D eigenvalue weighted by molar-refractivity contribution is -0.903. The minimum Gasteiger partial charge on any atom is -0.481 e. The maximum absolute atomic E-state index is 9.72. The van der Waals surface area contributed by atoms with E-state index in [4.69, 9.17) is 15.3 Å². The van der Waals surface area contributed by atoms with Crippen molar-refractivity contribution in [1.29, 1.82) is 0 Å². The topological polar surface area (TPSA) is 94.8 Å². The van der Waals surface area contributed by atoms with Crippen LogP contribution in [0.2, 0.25) is 0 Å². The van der Waals surface area contributed by atoms with Gasteiger partial charge in [0.1, 0.15) is 6.54 Å². The highest BCUT2D eigenvalue weighted by molar-refractivity contribution is 5.79. The molecular formula is C25H44NO5+. The van der Waals surface area contributed by atoms with Crippen molar-refractivity contribution >= 4 is 11.9 Å². The van der Waals surface area contributed by atoms with E-state index in [1.54, 1.807) is 0 Å². The van der Waals surface area contributed by atoms with E-state index < -0.39 is 24.5 Å². The van der Waals surface area contributed by atoms with Crippen LogP contribution in [0.1, 0.15) is 83.1 Å². The number of quaternary nitrogens is 1. The molecule has 1 aromatic carbocycles. The number of benzene rings is 1. The van der Waals surface area contributed by atoms with Gasteiger partial charge in [-0.1, -0.05) is 88.6 Å². The number of aliphatic carboxylic acids is 2. The summed E-state index contributed by atoms with van der Waals surface area (Å²) in [4.78, 5) is 19.4. The molecular weight excluding hydrogens is 394 g/mol. The molecule has 0 aliphatic rings. The number of aliphatic hydroxyl groups is 1. The van der Waals surface area contributed by atoms with E-state index in [0.29, 0.717) is 0 Å².